The molecule has 11 nitrogen and oxygen atoms in total. The van der Waals surface area contributed by atoms with Gasteiger partial charge in [0.1, 0.15) is 17.0 Å². The first-order chi connectivity index (χ1) is 18.3. The van der Waals surface area contributed by atoms with Gasteiger partial charge in [0.25, 0.3) is 5.91 Å². The van der Waals surface area contributed by atoms with E-state index in [9.17, 15) is 13.2 Å². The highest BCUT2D eigenvalue weighted by Crippen LogP contribution is 2.33. The molecule has 13 heteroatoms. The average molecular weight is 562 g/mol. The van der Waals surface area contributed by atoms with Gasteiger partial charge in [0, 0.05) is 31.2 Å². The summed E-state index contributed by atoms with van der Waals surface area (Å²) in [7, 11) is 0.648. The molecular formula is C25H31N5O6S2. The fourth-order valence-corrected chi connectivity index (χ4v) is 5.97. The van der Waals surface area contributed by atoms with Crippen molar-refractivity contribution in [3.63, 3.8) is 0 Å². The first-order valence-corrected chi connectivity index (χ1v) is 14.7. The Kier molecular flexibility index (Phi) is 9.26. The van der Waals surface area contributed by atoms with Crippen LogP contribution in [0.15, 0.2) is 46.4 Å². The number of aliphatic hydroxyl groups excluding tert-OH is 1. The van der Waals surface area contributed by atoms with Crippen LogP contribution in [0.25, 0.3) is 10.3 Å². The molecule has 0 saturated heterocycles. The lowest BCUT2D eigenvalue weighted by atomic mass is 10.1. The molecule has 1 aliphatic carbocycles. The summed E-state index contributed by atoms with van der Waals surface area (Å²) in [4.78, 5) is 30.2. The molecule has 0 atom stereocenters. The molecule has 0 bridgehead atoms. The third kappa shape index (κ3) is 7.25. The Morgan fingerprint density at radius 2 is 1.89 bits per heavy atom. The van der Waals surface area contributed by atoms with E-state index in [2.05, 4.69) is 25.3 Å². The number of hydrogen-bond acceptors (Lipinski definition) is 11. The summed E-state index contributed by atoms with van der Waals surface area (Å²) in [6.07, 6.45) is 2.55. The number of ether oxygens (including phenoxy) is 1. The number of hydrogen-bond donors (Lipinski definition) is 2. The van der Waals surface area contributed by atoms with Gasteiger partial charge in [-0.1, -0.05) is 28.6 Å². The number of rotatable bonds is 14. The Bertz CT molecular complexity index is 1380. The first kappa shape index (κ1) is 27.9. The molecule has 1 aromatic carbocycles. The van der Waals surface area contributed by atoms with Gasteiger partial charge in [-0.15, -0.1) is 0 Å². The SMILES string of the molecule is CN(C)CCCOc1ccc2nc(NC(=O)C(=NOCCCO)c3ccc(S(=O)(=O)C4CC4)cc3)sc2n1. The summed E-state index contributed by atoms with van der Waals surface area (Å²) in [5.41, 5.74) is 0.947. The zero-order valence-electron chi connectivity index (χ0n) is 21.3. The number of carbonyl (C=O) groups is 1. The van der Waals surface area contributed by atoms with Crippen molar-refractivity contribution in [2.45, 2.75) is 35.8 Å². The maximum absolute atomic E-state index is 13.2. The molecule has 0 unspecified atom stereocenters. The van der Waals surface area contributed by atoms with Crippen molar-refractivity contribution < 1.29 is 27.9 Å². The van der Waals surface area contributed by atoms with E-state index in [-0.39, 0.29) is 29.1 Å². The van der Waals surface area contributed by atoms with E-state index < -0.39 is 15.7 Å². The third-order valence-corrected chi connectivity index (χ3v) is 8.79. The number of anilines is 1. The van der Waals surface area contributed by atoms with Crippen LogP contribution in [-0.4, -0.2) is 85.7 Å². The summed E-state index contributed by atoms with van der Waals surface area (Å²) in [5.74, 6) is -0.0930. The minimum absolute atomic E-state index is 0.0459. The zero-order valence-corrected chi connectivity index (χ0v) is 22.9. The Labute approximate surface area is 225 Å². The fraction of sp³-hybridized carbons (Fsp3) is 0.440. The highest BCUT2D eigenvalue weighted by Gasteiger charge is 2.36. The second-order valence-electron chi connectivity index (χ2n) is 9.07. The average Bonchev–Trinajstić information content (AvgIpc) is 3.68. The second-order valence-corrected chi connectivity index (χ2v) is 12.3. The van der Waals surface area contributed by atoms with Gasteiger partial charge in [-0.3, -0.25) is 10.1 Å². The van der Waals surface area contributed by atoms with E-state index in [0.29, 0.717) is 52.8 Å². The van der Waals surface area contributed by atoms with Crippen molar-refractivity contribution in [2.75, 3.05) is 45.8 Å². The molecule has 2 N–H and O–H groups in total. The van der Waals surface area contributed by atoms with E-state index in [4.69, 9.17) is 14.7 Å². The Morgan fingerprint density at radius 3 is 2.58 bits per heavy atom. The molecule has 1 saturated carbocycles. The summed E-state index contributed by atoms with van der Waals surface area (Å²) in [6.45, 7) is 1.48. The number of sulfone groups is 1. The quantitative estimate of drug-likeness (QED) is 0.172. The number of pyridine rings is 1. The monoisotopic (exact) mass is 561 g/mol. The number of thiazole rings is 1. The number of nitrogens with zero attached hydrogens (tertiary/aromatic N) is 4. The molecule has 0 aliphatic heterocycles. The summed E-state index contributed by atoms with van der Waals surface area (Å²) < 4.78 is 30.8. The highest BCUT2D eigenvalue weighted by atomic mass is 32.2. The molecule has 4 rings (SSSR count). The van der Waals surface area contributed by atoms with Gasteiger partial charge in [-0.25, -0.2) is 18.4 Å². The lowest BCUT2D eigenvalue weighted by Gasteiger charge is -2.09. The maximum Gasteiger partial charge on any atom is 0.280 e. The lowest BCUT2D eigenvalue weighted by Crippen LogP contribution is -2.24. The van der Waals surface area contributed by atoms with Crippen molar-refractivity contribution in [3.8, 4) is 5.88 Å². The number of fused-ring (bicyclic) bond motifs is 1. The van der Waals surface area contributed by atoms with Crippen molar-refractivity contribution >= 4 is 48.3 Å². The van der Waals surface area contributed by atoms with Crippen LogP contribution in [0.1, 0.15) is 31.2 Å². The van der Waals surface area contributed by atoms with Crippen molar-refractivity contribution in [3.05, 3.63) is 42.0 Å². The van der Waals surface area contributed by atoms with Crippen LogP contribution in [0.5, 0.6) is 5.88 Å². The molecule has 1 fully saturated rings. The minimum Gasteiger partial charge on any atom is -0.478 e. The van der Waals surface area contributed by atoms with Gasteiger partial charge in [-0.2, -0.15) is 0 Å². The molecule has 38 heavy (non-hydrogen) atoms. The number of nitrogens with one attached hydrogen (secondary N) is 1. The number of aromatic nitrogens is 2. The first-order valence-electron chi connectivity index (χ1n) is 12.3. The molecule has 0 radical (unpaired) electrons. The predicted octanol–water partition coefficient (Wildman–Crippen LogP) is 2.70. The molecule has 3 aromatic rings. The standard InChI is InChI=1S/C25H31N5O6S2/c1-30(2)13-3-15-35-21-12-11-20-24(27-21)37-25(26-20)28-23(32)22(29-36-16-4-14-31)17-5-7-18(8-6-17)38(33,34)19-9-10-19/h5-8,11-12,19,31H,3-4,9-10,13-16H2,1-2H3,(H,26,28,32). The second kappa shape index (κ2) is 12.6. The topological polar surface area (TPSA) is 143 Å². The molecule has 2 aromatic heterocycles. The number of benzene rings is 1. The number of oxime groups is 1. The molecule has 204 valence electrons. The zero-order chi connectivity index (χ0) is 27.1. The largest absolute Gasteiger partial charge is 0.478 e. The minimum atomic E-state index is -3.36. The van der Waals surface area contributed by atoms with Gasteiger partial charge >= 0.3 is 0 Å². The van der Waals surface area contributed by atoms with E-state index in [0.717, 1.165) is 13.0 Å². The van der Waals surface area contributed by atoms with Crippen LogP contribution in [-0.2, 0) is 19.5 Å². The van der Waals surface area contributed by atoms with Gasteiger partial charge in [0.05, 0.1) is 16.8 Å². The Hall–Kier alpha value is -3.13. The van der Waals surface area contributed by atoms with E-state index in [1.54, 1.807) is 12.1 Å². The number of aliphatic hydroxyl groups is 1. The predicted molar refractivity (Wildman–Crippen MR) is 146 cm³/mol. The summed E-state index contributed by atoms with van der Waals surface area (Å²) in [5, 5.41) is 15.7. The smallest absolute Gasteiger partial charge is 0.280 e. The van der Waals surface area contributed by atoms with E-state index in [1.165, 1.54) is 35.6 Å². The molecular weight excluding hydrogens is 530 g/mol. The maximum atomic E-state index is 13.2. The molecule has 1 aliphatic rings. The number of amides is 1. The van der Waals surface area contributed by atoms with E-state index in [1.807, 2.05) is 14.1 Å². The summed E-state index contributed by atoms with van der Waals surface area (Å²) >= 11 is 1.19. The van der Waals surface area contributed by atoms with Crippen LogP contribution in [0.3, 0.4) is 0 Å². The molecule has 1 amide bonds. The fourth-order valence-electron chi connectivity index (χ4n) is 3.49. The van der Waals surface area contributed by atoms with Crippen LogP contribution in [0.4, 0.5) is 5.13 Å². The van der Waals surface area contributed by atoms with Gasteiger partial charge < -0.3 is 19.6 Å². The number of carbonyl (C=O) groups excluding carboxylic acids is 1. The van der Waals surface area contributed by atoms with Crippen LogP contribution < -0.4 is 10.1 Å². The Balaban J connectivity index is 1.48. The van der Waals surface area contributed by atoms with Crippen molar-refractivity contribution in [1.29, 1.82) is 0 Å². The van der Waals surface area contributed by atoms with Crippen LogP contribution in [0.2, 0.25) is 0 Å². The Morgan fingerprint density at radius 1 is 1.13 bits per heavy atom. The van der Waals surface area contributed by atoms with Gasteiger partial charge in [0.2, 0.25) is 5.88 Å². The molecule has 0 spiro atoms. The van der Waals surface area contributed by atoms with Gasteiger partial charge in [0.15, 0.2) is 20.7 Å². The van der Waals surface area contributed by atoms with E-state index >= 15 is 0 Å². The van der Waals surface area contributed by atoms with Crippen LogP contribution in [0, 0.1) is 0 Å². The van der Waals surface area contributed by atoms with Crippen LogP contribution >= 0.6 is 11.3 Å². The lowest BCUT2D eigenvalue weighted by molar-refractivity contribution is -0.110. The summed E-state index contributed by atoms with van der Waals surface area (Å²) in [6, 6.07) is 9.53. The van der Waals surface area contributed by atoms with Crippen molar-refractivity contribution in [1.82, 2.24) is 14.9 Å². The normalized spacial score (nSPS) is 14.2. The third-order valence-electron chi connectivity index (χ3n) is 5.63. The van der Waals surface area contributed by atoms with Gasteiger partial charge in [-0.05, 0) is 51.6 Å². The van der Waals surface area contributed by atoms with Crippen molar-refractivity contribution in [2.24, 2.45) is 5.16 Å². The highest BCUT2D eigenvalue weighted by molar-refractivity contribution is 7.92. The molecule has 2 heterocycles.